The van der Waals surface area contributed by atoms with Crippen LogP contribution in [0, 0.1) is 0 Å². The van der Waals surface area contributed by atoms with E-state index in [2.05, 4.69) is 31.3 Å². The molecule has 0 aliphatic carbocycles. The number of nitrogens with one attached hydrogen (secondary N) is 2. The second-order valence-corrected chi connectivity index (χ2v) is 6.24. The van der Waals surface area contributed by atoms with Crippen LogP contribution in [-0.4, -0.2) is 60.8 Å². The van der Waals surface area contributed by atoms with Crippen molar-refractivity contribution in [2.45, 2.75) is 43.0 Å². The average Bonchev–Trinajstić information content (AvgIpc) is 3.05. The highest BCUT2D eigenvalue weighted by atomic mass is 32.2. The van der Waals surface area contributed by atoms with Crippen LogP contribution in [0.4, 0.5) is 4.79 Å². The van der Waals surface area contributed by atoms with Gasteiger partial charge in [-0.1, -0.05) is 6.42 Å². The molecule has 2 fully saturated rings. The first-order chi connectivity index (χ1) is 10.7. The molecule has 0 unspecified atom stereocenters. The minimum absolute atomic E-state index is 0.0640. The molecule has 3 heterocycles. The number of amides is 2. The monoisotopic (exact) mass is 326 g/mol. The molecule has 2 saturated heterocycles. The fourth-order valence-electron chi connectivity index (χ4n) is 2.43. The number of carbonyl (C=O) groups is 2. The first kappa shape index (κ1) is 16.4. The fraction of sp³-hybridized carbons (Fsp3) is 0.667. The molecule has 3 N–H and O–H groups in total. The van der Waals surface area contributed by atoms with Crippen molar-refractivity contribution in [1.82, 2.24) is 31.3 Å². The van der Waals surface area contributed by atoms with Crippen LogP contribution in [0.25, 0.3) is 0 Å². The summed E-state index contributed by atoms with van der Waals surface area (Å²) in [7, 11) is 0. The Hall–Kier alpha value is -1.97. The molecule has 10 heteroatoms. The standard InChI is InChI=1S/C10H16N2O3S.C2H2N4/c13-8(14)4-2-1-3-7-9-6(5-16-7)11-10(15)12-9;1-2-4-6-5-3-1/h6-7,9H,1-5H2,(H,13,14)(H2,11,12,15);1-2H/t6-,7-,9-;/m0./s1. The van der Waals surface area contributed by atoms with Gasteiger partial charge in [0.15, 0.2) is 0 Å². The number of thioether (sulfide) groups is 1. The van der Waals surface area contributed by atoms with Crippen LogP contribution in [0.15, 0.2) is 12.4 Å². The fourth-order valence-corrected chi connectivity index (χ4v) is 3.97. The van der Waals surface area contributed by atoms with Crippen LogP contribution in [0.2, 0.25) is 0 Å². The number of carboxylic acids is 1. The number of aromatic nitrogens is 4. The smallest absolute Gasteiger partial charge is 0.315 e. The molecular formula is C12H18N6O3S. The number of hydrogen-bond donors (Lipinski definition) is 3. The van der Waals surface area contributed by atoms with E-state index in [9.17, 15) is 9.59 Å². The maximum absolute atomic E-state index is 11.1. The summed E-state index contributed by atoms with van der Waals surface area (Å²) in [5.41, 5.74) is 0. The summed E-state index contributed by atoms with van der Waals surface area (Å²) in [6, 6.07) is 0.440. The predicted octanol–water partition coefficient (Wildman–Crippen LogP) is 0.0634. The summed E-state index contributed by atoms with van der Waals surface area (Å²) in [6.07, 6.45) is 5.81. The van der Waals surface area contributed by atoms with E-state index in [1.165, 1.54) is 12.4 Å². The topological polar surface area (TPSA) is 130 Å². The molecular weight excluding hydrogens is 308 g/mol. The third kappa shape index (κ3) is 5.10. The van der Waals surface area contributed by atoms with Gasteiger partial charge in [-0.25, -0.2) is 4.79 Å². The Morgan fingerprint density at radius 2 is 2.00 bits per heavy atom. The van der Waals surface area contributed by atoms with E-state index in [1.54, 1.807) is 0 Å². The molecule has 3 rings (SSSR count). The van der Waals surface area contributed by atoms with Crippen LogP contribution >= 0.6 is 11.8 Å². The van der Waals surface area contributed by atoms with Gasteiger partial charge in [-0.15, -0.1) is 10.2 Å². The van der Waals surface area contributed by atoms with Crippen LogP contribution in [0.5, 0.6) is 0 Å². The zero-order valence-electron chi connectivity index (χ0n) is 11.9. The van der Waals surface area contributed by atoms with Gasteiger partial charge in [0.05, 0.1) is 24.5 Å². The third-order valence-corrected chi connectivity index (χ3v) is 4.92. The number of aliphatic carboxylic acids is 1. The molecule has 0 saturated carbocycles. The quantitative estimate of drug-likeness (QED) is 0.511. The van der Waals surface area contributed by atoms with Crippen molar-refractivity contribution in [3.8, 4) is 0 Å². The van der Waals surface area contributed by atoms with Crippen LogP contribution in [-0.2, 0) is 4.79 Å². The van der Waals surface area contributed by atoms with Crippen molar-refractivity contribution in [3.05, 3.63) is 12.4 Å². The Morgan fingerprint density at radius 3 is 2.59 bits per heavy atom. The highest BCUT2D eigenvalue weighted by Gasteiger charge is 2.42. The molecule has 0 radical (unpaired) electrons. The van der Waals surface area contributed by atoms with E-state index in [0.29, 0.717) is 5.25 Å². The Labute approximate surface area is 131 Å². The number of rotatable bonds is 5. The number of carboxylic acid groups (broad SMARTS) is 1. The van der Waals surface area contributed by atoms with Crippen molar-refractivity contribution in [2.24, 2.45) is 0 Å². The molecule has 2 amide bonds. The predicted molar refractivity (Wildman–Crippen MR) is 79.2 cm³/mol. The second-order valence-electron chi connectivity index (χ2n) is 4.97. The van der Waals surface area contributed by atoms with Crippen LogP contribution in [0.3, 0.4) is 0 Å². The summed E-state index contributed by atoms with van der Waals surface area (Å²) in [5.74, 6) is 0.236. The molecule has 2 aliphatic rings. The maximum atomic E-state index is 11.1. The summed E-state index contributed by atoms with van der Waals surface area (Å²) in [5, 5.41) is 27.8. The minimum Gasteiger partial charge on any atom is -0.481 e. The first-order valence-electron chi connectivity index (χ1n) is 7.02. The molecule has 120 valence electrons. The third-order valence-electron chi connectivity index (χ3n) is 3.41. The molecule has 0 bridgehead atoms. The molecule has 1 aromatic heterocycles. The van der Waals surface area contributed by atoms with Crippen molar-refractivity contribution in [1.29, 1.82) is 0 Å². The van der Waals surface area contributed by atoms with E-state index in [-0.39, 0.29) is 24.5 Å². The van der Waals surface area contributed by atoms with Crippen molar-refractivity contribution in [2.75, 3.05) is 5.75 Å². The summed E-state index contributed by atoms with van der Waals surface area (Å²) in [4.78, 5) is 21.5. The normalized spacial score (nSPS) is 25.5. The number of unbranched alkanes of at least 4 members (excludes halogenated alkanes) is 1. The lowest BCUT2D eigenvalue weighted by Crippen LogP contribution is -2.36. The van der Waals surface area contributed by atoms with Gasteiger partial charge in [0.2, 0.25) is 0 Å². The Balaban J connectivity index is 0.000000246. The number of fused-ring (bicyclic) bond motifs is 1. The highest BCUT2D eigenvalue weighted by molar-refractivity contribution is 8.00. The van der Waals surface area contributed by atoms with Crippen LogP contribution in [0.1, 0.15) is 25.7 Å². The zero-order valence-corrected chi connectivity index (χ0v) is 12.7. The lowest BCUT2D eigenvalue weighted by Gasteiger charge is -2.16. The zero-order chi connectivity index (χ0) is 15.8. The lowest BCUT2D eigenvalue weighted by molar-refractivity contribution is -0.137. The van der Waals surface area contributed by atoms with Crippen molar-refractivity contribution in [3.63, 3.8) is 0 Å². The van der Waals surface area contributed by atoms with Gasteiger partial charge in [0, 0.05) is 17.4 Å². The van der Waals surface area contributed by atoms with Gasteiger partial charge in [-0.3, -0.25) is 4.79 Å². The Kier molecular flexibility index (Phi) is 6.31. The molecule has 1 aromatic rings. The van der Waals surface area contributed by atoms with E-state index in [4.69, 9.17) is 5.11 Å². The maximum Gasteiger partial charge on any atom is 0.315 e. The Bertz CT molecular complexity index is 464. The number of nitrogens with zero attached hydrogens (tertiary/aromatic N) is 4. The molecule has 9 nitrogen and oxygen atoms in total. The number of hydrogen-bond acceptors (Lipinski definition) is 7. The molecule has 0 aromatic carbocycles. The van der Waals surface area contributed by atoms with Crippen LogP contribution < -0.4 is 10.6 Å². The second kappa shape index (κ2) is 8.47. The van der Waals surface area contributed by atoms with Crippen molar-refractivity contribution >= 4 is 23.8 Å². The minimum atomic E-state index is -0.729. The summed E-state index contributed by atoms with van der Waals surface area (Å²) < 4.78 is 0. The Morgan fingerprint density at radius 1 is 1.27 bits per heavy atom. The first-order valence-corrected chi connectivity index (χ1v) is 8.07. The lowest BCUT2D eigenvalue weighted by atomic mass is 10.0. The summed E-state index contributed by atoms with van der Waals surface area (Å²) in [6.45, 7) is 0. The molecule has 3 atom stereocenters. The SMILES string of the molecule is O=C(O)CCCC[C@@H]1SC[C@@H]2NC(=O)N[C@@H]21.c1cnnnn1. The van der Waals surface area contributed by atoms with E-state index < -0.39 is 5.97 Å². The molecule has 0 spiro atoms. The molecule has 22 heavy (non-hydrogen) atoms. The van der Waals surface area contributed by atoms with E-state index >= 15 is 0 Å². The summed E-state index contributed by atoms with van der Waals surface area (Å²) >= 11 is 1.87. The molecule has 2 aliphatic heterocycles. The highest BCUT2D eigenvalue weighted by Crippen LogP contribution is 2.33. The largest absolute Gasteiger partial charge is 0.481 e. The van der Waals surface area contributed by atoms with Gasteiger partial charge in [-0.2, -0.15) is 11.8 Å². The van der Waals surface area contributed by atoms with Gasteiger partial charge in [-0.05, 0) is 23.3 Å². The average molecular weight is 326 g/mol. The number of carbonyl (C=O) groups excluding carboxylic acids is 1. The van der Waals surface area contributed by atoms with Gasteiger partial charge in [0.1, 0.15) is 0 Å². The van der Waals surface area contributed by atoms with Gasteiger partial charge >= 0.3 is 12.0 Å². The number of urea groups is 1. The van der Waals surface area contributed by atoms with Gasteiger partial charge < -0.3 is 15.7 Å². The van der Waals surface area contributed by atoms with Crippen molar-refractivity contribution < 1.29 is 14.7 Å². The van der Waals surface area contributed by atoms with E-state index in [1.807, 2.05) is 11.8 Å². The van der Waals surface area contributed by atoms with Gasteiger partial charge in [0.25, 0.3) is 0 Å². The van der Waals surface area contributed by atoms with E-state index in [0.717, 1.165) is 25.0 Å².